The Kier molecular flexibility index (Phi) is 8.00. The van der Waals surface area contributed by atoms with E-state index in [2.05, 4.69) is 5.32 Å². The lowest BCUT2D eigenvalue weighted by Crippen LogP contribution is -2.51. The summed E-state index contributed by atoms with van der Waals surface area (Å²) >= 11 is 0. The summed E-state index contributed by atoms with van der Waals surface area (Å²) in [5, 5.41) is 3.46. The summed E-state index contributed by atoms with van der Waals surface area (Å²) in [4.78, 5) is 0.281. The summed E-state index contributed by atoms with van der Waals surface area (Å²) in [5.74, 6) is -0.989. The highest BCUT2D eigenvalue weighted by Crippen LogP contribution is 2.40. The van der Waals surface area contributed by atoms with Gasteiger partial charge in [0.1, 0.15) is 18.3 Å². The van der Waals surface area contributed by atoms with Crippen LogP contribution in [0.15, 0.2) is 89.8 Å². The number of benzene rings is 3. The molecule has 0 bridgehead atoms. The van der Waals surface area contributed by atoms with Crippen LogP contribution in [-0.2, 0) is 41.9 Å². The van der Waals surface area contributed by atoms with Crippen LogP contribution in [0.2, 0.25) is 0 Å². The third-order valence-corrected chi connectivity index (χ3v) is 8.69. The Bertz CT molecular complexity index is 1300. The van der Waals surface area contributed by atoms with Crippen molar-refractivity contribution < 1.29 is 27.4 Å². The predicted octanol–water partition coefficient (Wildman–Crippen LogP) is 4.39. The highest BCUT2D eigenvalue weighted by Gasteiger charge is 2.57. The predicted molar refractivity (Wildman–Crippen MR) is 144 cm³/mol. The van der Waals surface area contributed by atoms with Crippen LogP contribution in [0, 0.1) is 6.92 Å². The topological polar surface area (TPSA) is 83.1 Å². The molecule has 0 aromatic heterocycles. The number of fused-ring (bicyclic) bond motifs is 1. The van der Waals surface area contributed by atoms with Gasteiger partial charge in [-0.2, -0.15) is 0 Å². The summed E-state index contributed by atoms with van der Waals surface area (Å²) in [7, 11) is -3.63. The number of ether oxygens (including phenoxy) is 4. The molecule has 38 heavy (non-hydrogen) atoms. The van der Waals surface area contributed by atoms with Gasteiger partial charge in [-0.1, -0.05) is 78.4 Å². The molecule has 2 aliphatic heterocycles. The van der Waals surface area contributed by atoms with Crippen molar-refractivity contribution in [3.63, 3.8) is 0 Å². The molecular formula is C30H35NO6S. The first-order valence-corrected chi connectivity index (χ1v) is 14.6. The van der Waals surface area contributed by atoms with Gasteiger partial charge in [-0.15, -0.1) is 0 Å². The third-order valence-electron chi connectivity index (χ3n) is 6.90. The second-order valence-electron chi connectivity index (χ2n) is 10.4. The third kappa shape index (κ3) is 6.34. The Morgan fingerprint density at radius 3 is 2.18 bits per heavy atom. The molecule has 1 unspecified atom stereocenters. The van der Waals surface area contributed by atoms with Crippen LogP contribution in [0.5, 0.6) is 0 Å². The maximum Gasteiger partial charge on any atom is 0.190 e. The van der Waals surface area contributed by atoms with E-state index in [0.717, 1.165) is 16.7 Å². The van der Waals surface area contributed by atoms with E-state index in [1.165, 1.54) is 0 Å². The smallest absolute Gasteiger partial charge is 0.190 e. The van der Waals surface area contributed by atoms with Gasteiger partial charge in [0.2, 0.25) is 0 Å². The van der Waals surface area contributed by atoms with Gasteiger partial charge in [0, 0.05) is 6.54 Å². The van der Waals surface area contributed by atoms with Crippen molar-refractivity contribution in [2.75, 3.05) is 5.75 Å². The monoisotopic (exact) mass is 537 g/mol. The van der Waals surface area contributed by atoms with E-state index in [0.29, 0.717) is 13.2 Å². The highest BCUT2D eigenvalue weighted by molar-refractivity contribution is 7.91. The van der Waals surface area contributed by atoms with Crippen LogP contribution in [0.3, 0.4) is 0 Å². The normalized spacial score (nSPS) is 25.2. The van der Waals surface area contributed by atoms with Crippen LogP contribution in [0.4, 0.5) is 0 Å². The van der Waals surface area contributed by atoms with Gasteiger partial charge in [-0.05, 0) is 44.0 Å². The number of sulfone groups is 1. The number of aryl methyl sites for hydroxylation is 1. The first kappa shape index (κ1) is 27.0. The molecular weight excluding hydrogens is 502 g/mol. The van der Waals surface area contributed by atoms with Crippen molar-refractivity contribution in [1.29, 1.82) is 0 Å². The molecule has 0 amide bonds. The fourth-order valence-corrected chi connectivity index (χ4v) is 6.50. The minimum atomic E-state index is -3.63. The number of hydrogen-bond acceptors (Lipinski definition) is 7. The second kappa shape index (κ2) is 11.3. The van der Waals surface area contributed by atoms with Gasteiger partial charge in [-0.3, -0.25) is 0 Å². The Morgan fingerprint density at radius 2 is 1.53 bits per heavy atom. The van der Waals surface area contributed by atoms with Gasteiger partial charge >= 0.3 is 0 Å². The minimum absolute atomic E-state index is 0.165. The van der Waals surface area contributed by atoms with Crippen LogP contribution < -0.4 is 5.32 Å². The fourth-order valence-electron chi connectivity index (χ4n) is 4.98. The maximum absolute atomic E-state index is 13.6. The Labute approximate surface area is 225 Å². The Morgan fingerprint density at radius 1 is 0.895 bits per heavy atom. The molecule has 1 N–H and O–H groups in total. The van der Waals surface area contributed by atoms with Crippen LogP contribution in [0.25, 0.3) is 0 Å². The zero-order valence-electron chi connectivity index (χ0n) is 21.9. The quantitative estimate of drug-likeness (QED) is 0.411. The first-order valence-electron chi connectivity index (χ1n) is 12.9. The lowest BCUT2D eigenvalue weighted by Gasteiger charge is -2.31. The molecule has 202 valence electrons. The van der Waals surface area contributed by atoms with Crippen LogP contribution >= 0.6 is 0 Å². The molecule has 2 fully saturated rings. The summed E-state index contributed by atoms with van der Waals surface area (Å²) in [6.07, 6.45) is -2.29. The zero-order chi connectivity index (χ0) is 26.8. The van der Waals surface area contributed by atoms with E-state index in [-0.39, 0.29) is 10.6 Å². The lowest BCUT2D eigenvalue weighted by atomic mass is 10.0. The molecule has 0 radical (unpaired) electrons. The van der Waals surface area contributed by atoms with E-state index >= 15 is 0 Å². The molecule has 2 saturated heterocycles. The number of hydrogen-bond donors (Lipinski definition) is 1. The maximum atomic E-state index is 13.6. The molecule has 3 aromatic rings. The molecule has 2 heterocycles. The van der Waals surface area contributed by atoms with Crippen molar-refractivity contribution in [2.24, 2.45) is 0 Å². The average Bonchev–Trinajstić information content (AvgIpc) is 3.38. The molecule has 5 rings (SSSR count). The summed E-state index contributed by atoms with van der Waals surface area (Å²) in [6, 6.07) is 26.1. The van der Waals surface area contributed by atoms with Gasteiger partial charge in [0.25, 0.3) is 0 Å². The summed E-state index contributed by atoms with van der Waals surface area (Å²) in [6.45, 7) is 6.43. The number of nitrogens with one attached hydrogen (secondary N) is 1. The molecule has 8 heteroatoms. The van der Waals surface area contributed by atoms with Gasteiger partial charge in [-0.25, -0.2) is 8.42 Å². The first-order chi connectivity index (χ1) is 18.2. The lowest BCUT2D eigenvalue weighted by molar-refractivity contribution is -0.221. The average molecular weight is 538 g/mol. The van der Waals surface area contributed by atoms with Gasteiger partial charge in [0.05, 0.1) is 23.3 Å². The van der Waals surface area contributed by atoms with E-state index in [4.69, 9.17) is 18.9 Å². The number of rotatable bonds is 10. The molecule has 3 aromatic carbocycles. The largest absolute Gasteiger partial charge is 0.368 e. The SMILES string of the molecule is Cc1ccc(S(=O)(=O)CC(NCc2ccccc2)[C@H]2O[C@@H]3OC(C)(C)O[C@@H]3[C@@H]2OCc2ccccc2)cc1. The molecule has 2 aliphatic rings. The fraction of sp³-hybridized carbons (Fsp3) is 0.400. The summed E-state index contributed by atoms with van der Waals surface area (Å²) in [5.41, 5.74) is 3.05. The van der Waals surface area contributed by atoms with Crippen molar-refractivity contribution in [2.45, 2.75) is 75.2 Å². The summed E-state index contributed by atoms with van der Waals surface area (Å²) < 4.78 is 52.1. The van der Waals surface area contributed by atoms with Gasteiger partial charge in [0.15, 0.2) is 21.9 Å². The molecule has 0 saturated carbocycles. The molecule has 0 spiro atoms. The van der Waals surface area contributed by atoms with Crippen LogP contribution in [0.1, 0.15) is 30.5 Å². The van der Waals surface area contributed by atoms with E-state index in [9.17, 15) is 8.42 Å². The Balaban J connectivity index is 1.42. The van der Waals surface area contributed by atoms with Crippen molar-refractivity contribution in [1.82, 2.24) is 5.32 Å². The second-order valence-corrected chi connectivity index (χ2v) is 12.4. The van der Waals surface area contributed by atoms with E-state index < -0.39 is 46.3 Å². The Hall–Kier alpha value is -2.59. The van der Waals surface area contributed by atoms with E-state index in [1.54, 1.807) is 12.1 Å². The van der Waals surface area contributed by atoms with Crippen molar-refractivity contribution in [3.8, 4) is 0 Å². The minimum Gasteiger partial charge on any atom is -0.368 e. The van der Waals surface area contributed by atoms with Crippen molar-refractivity contribution in [3.05, 3.63) is 102 Å². The standard InChI is InChI=1S/C30H35NO6S/c1-21-14-16-24(17-15-21)38(32,33)20-25(31-18-22-10-6-4-7-11-22)26-27(34-19-23-12-8-5-9-13-23)28-29(35-26)37-30(2,3)36-28/h4-17,25-29,31H,18-20H2,1-3H3/t25?,26-,27-,28-,29-/m1/s1. The highest BCUT2D eigenvalue weighted by atomic mass is 32.2. The van der Waals surface area contributed by atoms with E-state index in [1.807, 2.05) is 93.6 Å². The van der Waals surface area contributed by atoms with Crippen molar-refractivity contribution >= 4 is 9.84 Å². The van der Waals surface area contributed by atoms with Crippen LogP contribution in [-0.4, -0.2) is 50.6 Å². The molecule has 5 atom stereocenters. The molecule has 0 aliphatic carbocycles. The molecule has 7 nitrogen and oxygen atoms in total. The van der Waals surface area contributed by atoms with Gasteiger partial charge < -0.3 is 24.3 Å². The zero-order valence-corrected chi connectivity index (χ0v) is 22.8.